The van der Waals surface area contributed by atoms with Gasteiger partial charge in [-0.25, -0.2) is 4.39 Å². The molecule has 2 aromatic carbocycles. The molecule has 0 fully saturated rings. The van der Waals surface area contributed by atoms with Crippen molar-refractivity contribution in [2.75, 3.05) is 0 Å². The lowest BCUT2D eigenvalue weighted by atomic mass is 10.0. The molecule has 4 heteroatoms. The van der Waals surface area contributed by atoms with Gasteiger partial charge in [-0.05, 0) is 43.2 Å². The lowest BCUT2D eigenvalue weighted by Crippen LogP contribution is -2.23. The Morgan fingerprint density at radius 3 is 2.10 bits per heavy atom. The number of benzene rings is 2. The van der Waals surface area contributed by atoms with E-state index in [0.717, 1.165) is 16.1 Å². The summed E-state index contributed by atoms with van der Waals surface area (Å²) in [4.78, 5) is 0. The molecular weight excluding hydrogens is 296 g/mol. The van der Waals surface area contributed by atoms with Crippen molar-refractivity contribution >= 4 is 23.2 Å². The van der Waals surface area contributed by atoms with Crippen LogP contribution in [0.15, 0.2) is 42.5 Å². The van der Waals surface area contributed by atoms with E-state index >= 15 is 0 Å². The number of nitrogens with one attached hydrogen (secondary N) is 1. The molecule has 2 rings (SSSR count). The van der Waals surface area contributed by atoms with Gasteiger partial charge in [-0.1, -0.05) is 47.5 Å². The molecule has 0 aliphatic heterocycles. The summed E-state index contributed by atoms with van der Waals surface area (Å²) in [7, 11) is 0. The summed E-state index contributed by atoms with van der Waals surface area (Å²) < 4.78 is 13.1. The van der Waals surface area contributed by atoms with Gasteiger partial charge in [0.2, 0.25) is 0 Å². The van der Waals surface area contributed by atoms with Crippen LogP contribution in [0.5, 0.6) is 0 Å². The fourth-order valence-electron chi connectivity index (χ4n) is 2.23. The minimum atomic E-state index is -0.329. The van der Waals surface area contributed by atoms with E-state index in [4.69, 9.17) is 23.2 Å². The molecule has 2 aromatic rings. The Labute approximate surface area is 128 Å². The number of hydrogen-bond acceptors (Lipinski definition) is 1. The number of hydrogen-bond donors (Lipinski definition) is 1. The molecule has 0 amide bonds. The molecule has 106 valence electrons. The van der Waals surface area contributed by atoms with Crippen LogP contribution < -0.4 is 5.32 Å². The number of rotatable bonds is 4. The summed E-state index contributed by atoms with van der Waals surface area (Å²) in [5, 5.41) is 4.58. The Bertz CT molecular complexity index is 601. The summed E-state index contributed by atoms with van der Waals surface area (Å²) in [6.07, 6.45) is 0. The molecule has 0 saturated heterocycles. The molecule has 0 bridgehead atoms. The third-order valence-corrected chi connectivity index (χ3v) is 3.97. The molecule has 0 radical (unpaired) electrons. The lowest BCUT2D eigenvalue weighted by Gasteiger charge is -2.22. The summed E-state index contributed by atoms with van der Waals surface area (Å²) >= 11 is 12.3. The largest absolute Gasteiger partial charge is 0.304 e. The summed E-state index contributed by atoms with van der Waals surface area (Å²) in [6, 6.07) is 12.2. The van der Waals surface area contributed by atoms with Crippen LogP contribution in [-0.4, -0.2) is 0 Å². The predicted molar refractivity (Wildman–Crippen MR) is 82.8 cm³/mol. The molecule has 0 aliphatic carbocycles. The molecule has 0 aliphatic rings. The van der Waals surface area contributed by atoms with Gasteiger partial charge >= 0.3 is 0 Å². The first kappa shape index (κ1) is 15.3. The van der Waals surface area contributed by atoms with Gasteiger partial charge < -0.3 is 5.32 Å². The molecule has 0 aromatic heterocycles. The minimum absolute atomic E-state index is 0.00521. The average molecular weight is 312 g/mol. The van der Waals surface area contributed by atoms with Gasteiger partial charge in [-0.2, -0.15) is 0 Å². The van der Waals surface area contributed by atoms with Crippen molar-refractivity contribution in [3.63, 3.8) is 0 Å². The van der Waals surface area contributed by atoms with Crippen LogP contribution in [0.1, 0.15) is 37.1 Å². The first-order chi connectivity index (χ1) is 9.49. The smallest absolute Gasteiger partial charge is 0.124 e. The maximum atomic E-state index is 13.1. The Morgan fingerprint density at radius 2 is 1.50 bits per heavy atom. The van der Waals surface area contributed by atoms with Gasteiger partial charge in [0.25, 0.3) is 0 Å². The van der Waals surface area contributed by atoms with E-state index in [-0.39, 0.29) is 17.9 Å². The van der Waals surface area contributed by atoms with E-state index in [1.165, 1.54) is 12.1 Å². The Balaban J connectivity index is 2.15. The van der Waals surface area contributed by atoms with E-state index in [2.05, 4.69) is 5.32 Å². The van der Waals surface area contributed by atoms with Crippen LogP contribution in [0.4, 0.5) is 4.39 Å². The summed E-state index contributed by atoms with van der Waals surface area (Å²) in [6.45, 7) is 4.03. The molecule has 20 heavy (non-hydrogen) atoms. The third-order valence-electron chi connectivity index (χ3n) is 3.30. The fraction of sp³-hybridized carbons (Fsp3) is 0.250. The average Bonchev–Trinajstić information content (AvgIpc) is 2.38. The molecule has 0 saturated carbocycles. The van der Waals surface area contributed by atoms with Crippen molar-refractivity contribution in [2.24, 2.45) is 0 Å². The first-order valence-corrected chi connectivity index (χ1v) is 7.20. The van der Waals surface area contributed by atoms with Crippen molar-refractivity contribution in [1.29, 1.82) is 0 Å². The quantitative estimate of drug-likeness (QED) is 0.781. The topological polar surface area (TPSA) is 12.0 Å². The first-order valence-electron chi connectivity index (χ1n) is 6.44. The molecule has 1 nitrogen and oxygen atoms in total. The lowest BCUT2D eigenvalue weighted by molar-refractivity contribution is 0.494. The van der Waals surface area contributed by atoms with Crippen LogP contribution in [0.2, 0.25) is 10.0 Å². The molecule has 2 atom stereocenters. The minimum Gasteiger partial charge on any atom is -0.304 e. The van der Waals surface area contributed by atoms with Gasteiger partial charge in [-0.3, -0.25) is 0 Å². The van der Waals surface area contributed by atoms with Crippen molar-refractivity contribution < 1.29 is 4.39 Å². The standard InChI is InChI=1S/C16H16Cl2FN/c1-10(13-5-3-4-6-15(13)17)20-11(2)14-8-7-12(19)9-16(14)18/h3-11,20H,1-2H3/t10-,11?/m0/s1. The van der Waals surface area contributed by atoms with Crippen LogP contribution >= 0.6 is 23.2 Å². The molecule has 1 N–H and O–H groups in total. The monoisotopic (exact) mass is 311 g/mol. The van der Waals surface area contributed by atoms with Crippen molar-refractivity contribution in [3.8, 4) is 0 Å². The Kier molecular flexibility index (Phi) is 5.03. The van der Waals surface area contributed by atoms with Gasteiger partial charge in [0.1, 0.15) is 5.82 Å². The highest BCUT2D eigenvalue weighted by molar-refractivity contribution is 6.31. The Hall–Kier alpha value is -1.09. The summed E-state index contributed by atoms with van der Waals surface area (Å²) in [5.74, 6) is -0.329. The van der Waals surface area contributed by atoms with Crippen LogP contribution in [0.25, 0.3) is 0 Å². The maximum absolute atomic E-state index is 13.1. The zero-order chi connectivity index (χ0) is 14.7. The maximum Gasteiger partial charge on any atom is 0.124 e. The normalized spacial score (nSPS) is 14.1. The summed E-state index contributed by atoms with van der Waals surface area (Å²) in [5.41, 5.74) is 1.89. The molecule has 1 unspecified atom stereocenters. The third kappa shape index (κ3) is 3.51. The van der Waals surface area contributed by atoms with Gasteiger partial charge in [0.05, 0.1) is 0 Å². The van der Waals surface area contributed by atoms with E-state index in [1.54, 1.807) is 6.07 Å². The van der Waals surface area contributed by atoms with E-state index in [9.17, 15) is 4.39 Å². The second kappa shape index (κ2) is 6.57. The van der Waals surface area contributed by atoms with Crippen LogP contribution in [0.3, 0.4) is 0 Å². The zero-order valence-electron chi connectivity index (χ0n) is 11.3. The van der Waals surface area contributed by atoms with Crippen LogP contribution in [-0.2, 0) is 0 Å². The van der Waals surface area contributed by atoms with Crippen LogP contribution in [0, 0.1) is 5.82 Å². The van der Waals surface area contributed by atoms with Crippen molar-refractivity contribution in [1.82, 2.24) is 5.32 Å². The fourth-order valence-corrected chi connectivity index (χ4v) is 2.86. The highest BCUT2D eigenvalue weighted by Gasteiger charge is 2.15. The SMILES string of the molecule is CC(N[C@@H](C)c1ccccc1Cl)c1ccc(F)cc1Cl. The van der Waals surface area contributed by atoms with Crippen molar-refractivity contribution in [3.05, 3.63) is 69.5 Å². The molecule has 0 spiro atoms. The van der Waals surface area contributed by atoms with Gasteiger partial charge in [-0.15, -0.1) is 0 Å². The molecule has 0 heterocycles. The van der Waals surface area contributed by atoms with E-state index in [1.807, 2.05) is 38.1 Å². The number of halogens is 3. The van der Waals surface area contributed by atoms with Gasteiger partial charge in [0.15, 0.2) is 0 Å². The van der Waals surface area contributed by atoms with E-state index < -0.39 is 0 Å². The zero-order valence-corrected chi connectivity index (χ0v) is 12.8. The Morgan fingerprint density at radius 1 is 0.900 bits per heavy atom. The molecular formula is C16H16Cl2FN. The highest BCUT2D eigenvalue weighted by Crippen LogP contribution is 2.28. The van der Waals surface area contributed by atoms with E-state index in [0.29, 0.717) is 5.02 Å². The van der Waals surface area contributed by atoms with Crippen molar-refractivity contribution in [2.45, 2.75) is 25.9 Å². The second-order valence-electron chi connectivity index (χ2n) is 4.80. The van der Waals surface area contributed by atoms with Gasteiger partial charge in [0, 0.05) is 22.1 Å². The second-order valence-corrected chi connectivity index (χ2v) is 5.61. The highest BCUT2D eigenvalue weighted by atomic mass is 35.5. The predicted octanol–water partition coefficient (Wildman–Crippen LogP) is 5.54.